The smallest absolute Gasteiger partial charge is 0.135 e. The Morgan fingerprint density at radius 3 is 2.57 bits per heavy atom. The van der Waals surface area contributed by atoms with E-state index in [1.165, 1.54) is 11.1 Å². The van der Waals surface area contributed by atoms with Crippen molar-refractivity contribution in [3.8, 4) is 11.3 Å². The van der Waals surface area contributed by atoms with Crippen molar-refractivity contribution in [2.45, 2.75) is 46.6 Å². The Balaban J connectivity index is 2.31. The second-order valence-electron chi connectivity index (χ2n) is 5.56. The number of furan rings is 1. The molecular formula is C18H24BrNO. The van der Waals surface area contributed by atoms with Crippen LogP contribution in [0, 0.1) is 13.8 Å². The topological polar surface area (TPSA) is 25.2 Å². The lowest BCUT2D eigenvalue weighted by Crippen LogP contribution is -2.20. The molecule has 0 aliphatic carbocycles. The van der Waals surface area contributed by atoms with Gasteiger partial charge in [-0.1, -0.05) is 35.8 Å². The van der Waals surface area contributed by atoms with Crippen LogP contribution in [0.25, 0.3) is 11.3 Å². The standard InChI is InChI=1S/C18H24BrNO/c1-5-9-20-15(6-2)16-7-8-17(21-16)18-13(4)10-12(3)11-14(18)19/h7-8,10-11,15,20H,5-6,9H2,1-4H3. The van der Waals surface area contributed by atoms with Crippen LogP contribution in [0.5, 0.6) is 0 Å². The van der Waals surface area contributed by atoms with Gasteiger partial charge in [-0.15, -0.1) is 0 Å². The molecule has 0 saturated heterocycles. The van der Waals surface area contributed by atoms with Crippen molar-refractivity contribution < 1.29 is 4.42 Å². The number of hydrogen-bond acceptors (Lipinski definition) is 2. The van der Waals surface area contributed by atoms with Crippen LogP contribution in [-0.2, 0) is 0 Å². The number of halogens is 1. The van der Waals surface area contributed by atoms with Crippen molar-refractivity contribution in [2.75, 3.05) is 6.54 Å². The first-order chi connectivity index (χ1) is 10.1. The molecule has 1 aromatic carbocycles. The van der Waals surface area contributed by atoms with Gasteiger partial charge in [-0.05, 0) is 62.6 Å². The molecule has 0 bridgehead atoms. The van der Waals surface area contributed by atoms with Gasteiger partial charge in [0.05, 0.1) is 6.04 Å². The zero-order valence-electron chi connectivity index (χ0n) is 13.3. The molecule has 2 nitrogen and oxygen atoms in total. The number of benzene rings is 1. The van der Waals surface area contributed by atoms with Crippen LogP contribution in [0.15, 0.2) is 33.2 Å². The molecule has 1 unspecified atom stereocenters. The second-order valence-corrected chi connectivity index (χ2v) is 6.41. The van der Waals surface area contributed by atoms with E-state index >= 15 is 0 Å². The molecule has 0 aliphatic rings. The molecule has 3 heteroatoms. The second kappa shape index (κ2) is 7.28. The van der Waals surface area contributed by atoms with E-state index in [4.69, 9.17) is 4.42 Å². The minimum atomic E-state index is 0.295. The van der Waals surface area contributed by atoms with Gasteiger partial charge < -0.3 is 9.73 Å². The summed E-state index contributed by atoms with van der Waals surface area (Å²) in [5.74, 6) is 1.96. The van der Waals surface area contributed by atoms with E-state index < -0.39 is 0 Å². The predicted octanol–water partition coefficient (Wildman–Crippen LogP) is 5.78. The van der Waals surface area contributed by atoms with Crippen LogP contribution in [0.3, 0.4) is 0 Å². The van der Waals surface area contributed by atoms with Crippen LogP contribution < -0.4 is 5.32 Å². The van der Waals surface area contributed by atoms with Crippen molar-refractivity contribution in [2.24, 2.45) is 0 Å². The molecule has 0 aliphatic heterocycles. The minimum absolute atomic E-state index is 0.295. The monoisotopic (exact) mass is 349 g/mol. The van der Waals surface area contributed by atoms with E-state index in [-0.39, 0.29) is 0 Å². The summed E-state index contributed by atoms with van der Waals surface area (Å²) in [6.45, 7) is 9.61. The Labute approximate surface area is 136 Å². The summed E-state index contributed by atoms with van der Waals surface area (Å²) in [7, 11) is 0. The highest BCUT2D eigenvalue weighted by molar-refractivity contribution is 9.10. The van der Waals surface area contributed by atoms with Crippen molar-refractivity contribution in [1.29, 1.82) is 0 Å². The van der Waals surface area contributed by atoms with Gasteiger partial charge in [-0.3, -0.25) is 0 Å². The Morgan fingerprint density at radius 1 is 1.19 bits per heavy atom. The fourth-order valence-corrected chi connectivity index (χ4v) is 3.54. The predicted molar refractivity (Wildman–Crippen MR) is 92.6 cm³/mol. The number of hydrogen-bond donors (Lipinski definition) is 1. The average molecular weight is 350 g/mol. The average Bonchev–Trinajstić information content (AvgIpc) is 2.88. The van der Waals surface area contributed by atoms with Gasteiger partial charge >= 0.3 is 0 Å². The van der Waals surface area contributed by atoms with Gasteiger partial charge in [-0.25, -0.2) is 0 Å². The first kappa shape index (κ1) is 16.3. The van der Waals surface area contributed by atoms with E-state index in [1.807, 2.05) is 0 Å². The molecule has 0 amide bonds. The summed E-state index contributed by atoms with van der Waals surface area (Å²) in [5, 5.41) is 3.53. The molecule has 1 aromatic heterocycles. The molecule has 114 valence electrons. The highest BCUT2D eigenvalue weighted by Crippen LogP contribution is 2.35. The Morgan fingerprint density at radius 2 is 1.95 bits per heavy atom. The molecule has 0 radical (unpaired) electrons. The molecule has 0 spiro atoms. The first-order valence-corrected chi connectivity index (χ1v) is 8.46. The van der Waals surface area contributed by atoms with Crippen LogP contribution in [0.4, 0.5) is 0 Å². The van der Waals surface area contributed by atoms with Gasteiger partial charge in [0.15, 0.2) is 0 Å². The SMILES string of the molecule is CCCNC(CC)c1ccc(-c2c(C)cc(C)cc2Br)o1. The van der Waals surface area contributed by atoms with Crippen LogP contribution in [0.1, 0.15) is 49.6 Å². The third-order valence-corrected chi connectivity index (χ3v) is 4.32. The minimum Gasteiger partial charge on any atom is -0.459 e. The van der Waals surface area contributed by atoms with Crippen LogP contribution in [0.2, 0.25) is 0 Å². The van der Waals surface area contributed by atoms with Gasteiger partial charge in [0.25, 0.3) is 0 Å². The number of aryl methyl sites for hydroxylation is 2. The van der Waals surface area contributed by atoms with Gasteiger partial charge in [0, 0.05) is 10.0 Å². The van der Waals surface area contributed by atoms with Crippen LogP contribution >= 0.6 is 15.9 Å². The lowest BCUT2D eigenvalue weighted by molar-refractivity contribution is 0.411. The lowest BCUT2D eigenvalue weighted by Gasteiger charge is -2.14. The molecular weight excluding hydrogens is 326 g/mol. The molecule has 0 fully saturated rings. The van der Waals surface area contributed by atoms with E-state index in [0.717, 1.165) is 40.9 Å². The lowest BCUT2D eigenvalue weighted by atomic mass is 10.0. The zero-order chi connectivity index (χ0) is 15.4. The van der Waals surface area contributed by atoms with Crippen molar-refractivity contribution in [3.63, 3.8) is 0 Å². The highest BCUT2D eigenvalue weighted by atomic mass is 79.9. The van der Waals surface area contributed by atoms with E-state index in [0.29, 0.717) is 6.04 Å². The summed E-state index contributed by atoms with van der Waals surface area (Å²) in [6.07, 6.45) is 2.16. The largest absolute Gasteiger partial charge is 0.459 e. The van der Waals surface area contributed by atoms with E-state index in [2.05, 4.69) is 73.2 Å². The van der Waals surface area contributed by atoms with Gasteiger partial charge in [-0.2, -0.15) is 0 Å². The fraction of sp³-hybridized carbons (Fsp3) is 0.444. The third kappa shape index (κ3) is 3.78. The highest BCUT2D eigenvalue weighted by Gasteiger charge is 2.16. The molecule has 21 heavy (non-hydrogen) atoms. The maximum atomic E-state index is 6.13. The van der Waals surface area contributed by atoms with Crippen molar-refractivity contribution >= 4 is 15.9 Å². The Hall–Kier alpha value is -1.06. The molecule has 1 heterocycles. The van der Waals surface area contributed by atoms with Gasteiger partial charge in [0.1, 0.15) is 11.5 Å². The van der Waals surface area contributed by atoms with Crippen molar-refractivity contribution in [1.82, 2.24) is 5.32 Å². The molecule has 0 saturated carbocycles. The number of rotatable bonds is 6. The van der Waals surface area contributed by atoms with Gasteiger partial charge in [0.2, 0.25) is 0 Å². The third-order valence-electron chi connectivity index (χ3n) is 3.70. The van der Waals surface area contributed by atoms with Crippen LogP contribution in [-0.4, -0.2) is 6.54 Å². The normalized spacial score (nSPS) is 12.6. The fourth-order valence-electron chi connectivity index (χ4n) is 2.67. The summed E-state index contributed by atoms with van der Waals surface area (Å²) in [4.78, 5) is 0. The molecule has 2 aromatic rings. The maximum Gasteiger partial charge on any atom is 0.135 e. The Kier molecular flexibility index (Phi) is 5.65. The zero-order valence-corrected chi connectivity index (χ0v) is 14.9. The van der Waals surface area contributed by atoms with E-state index in [1.54, 1.807) is 0 Å². The molecule has 2 rings (SSSR count). The molecule has 1 N–H and O–H groups in total. The first-order valence-electron chi connectivity index (χ1n) is 7.67. The molecule has 1 atom stereocenters. The summed E-state index contributed by atoms with van der Waals surface area (Å²) < 4.78 is 7.22. The summed E-state index contributed by atoms with van der Waals surface area (Å²) in [5.41, 5.74) is 3.64. The van der Waals surface area contributed by atoms with E-state index in [9.17, 15) is 0 Å². The number of nitrogens with one attached hydrogen (secondary N) is 1. The summed E-state index contributed by atoms with van der Waals surface area (Å²) >= 11 is 3.66. The quantitative estimate of drug-likeness (QED) is 0.715. The Bertz CT molecular complexity index is 580. The van der Waals surface area contributed by atoms with Crippen molar-refractivity contribution in [3.05, 3.63) is 45.6 Å². The summed E-state index contributed by atoms with van der Waals surface area (Å²) in [6, 6.07) is 8.79. The maximum absolute atomic E-state index is 6.13.